The number of anilines is 1. The van der Waals surface area contributed by atoms with E-state index in [0.29, 0.717) is 32.4 Å². The van der Waals surface area contributed by atoms with E-state index in [9.17, 15) is 9.59 Å². The van der Waals surface area contributed by atoms with Gasteiger partial charge >= 0.3 is 0 Å². The average Bonchev–Trinajstić information content (AvgIpc) is 2.55. The summed E-state index contributed by atoms with van der Waals surface area (Å²) in [6.45, 7) is 5.02. The number of para-hydroxylation sites is 1. The van der Waals surface area contributed by atoms with Crippen molar-refractivity contribution >= 4 is 17.5 Å². The number of hydrogen-bond donors (Lipinski definition) is 2. The van der Waals surface area contributed by atoms with Crippen LogP contribution in [0.4, 0.5) is 5.69 Å². The van der Waals surface area contributed by atoms with Crippen LogP contribution in [0.2, 0.25) is 0 Å². The lowest BCUT2D eigenvalue weighted by atomic mass is 9.91. The van der Waals surface area contributed by atoms with E-state index < -0.39 is 5.54 Å². The Hall–Kier alpha value is -1.88. The van der Waals surface area contributed by atoms with E-state index in [0.717, 1.165) is 12.1 Å². The number of nitrogens with two attached hydrogens (primary N) is 1. The Bertz CT molecular complexity index is 534. The first-order valence-corrected chi connectivity index (χ1v) is 8.38. The van der Waals surface area contributed by atoms with Gasteiger partial charge < -0.3 is 16.0 Å². The van der Waals surface area contributed by atoms with Crippen molar-refractivity contribution in [2.75, 3.05) is 18.4 Å². The molecule has 23 heavy (non-hydrogen) atoms. The molecule has 0 radical (unpaired) electrons. The number of rotatable bonds is 5. The quantitative estimate of drug-likeness (QED) is 0.875. The van der Waals surface area contributed by atoms with Crippen molar-refractivity contribution in [3.05, 3.63) is 30.3 Å². The van der Waals surface area contributed by atoms with Gasteiger partial charge in [0.25, 0.3) is 0 Å². The van der Waals surface area contributed by atoms with Crippen LogP contribution in [0.25, 0.3) is 0 Å². The minimum absolute atomic E-state index is 0.00117. The largest absolute Gasteiger partial charge is 0.341 e. The van der Waals surface area contributed by atoms with Crippen molar-refractivity contribution in [3.63, 3.8) is 0 Å². The molecule has 1 unspecified atom stereocenters. The van der Waals surface area contributed by atoms with Gasteiger partial charge in [-0.25, -0.2) is 0 Å². The molecule has 2 rings (SSSR count). The van der Waals surface area contributed by atoms with Gasteiger partial charge in [-0.15, -0.1) is 0 Å². The molecule has 1 atom stereocenters. The standard InChI is InChI=1S/C18H27N3O2/c1-3-11-18(2,19)17(23)21-12-9-14(10-13-21)16(22)20-15-7-5-4-6-8-15/h4-8,14H,3,9-13,19H2,1-2H3,(H,20,22). The van der Waals surface area contributed by atoms with Crippen molar-refractivity contribution in [2.45, 2.75) is 45.1 Å². The van der Waals surface area contributed by atoms with Gasteiger partial charge in [-0.3, -0.25) is 9.59 Å². The lowest BCUT2D eigenvalue weighted by Crippen LogP contribution is -2.55. The molecule has 5 nitrogen and oxygen atoms in total. The van der Waals surface area contributed by atoms with Crippen LogP contribution in [-0.4, -0.2) is 35.3 Å². The summed E-state index contributed by atoms with van der Waals surface area (Å²) in [6, 6.07) is 9.46. The summed E-state index contributed by atoms with van der Waals surface area (Å²) >= 11 is 0. The van der Waals surface area contributed by atoms with Gasteiger partial charge in [-0.2, -0.15) is 0 Å². The number of nitrogens with one attached hydrogen (secondary N) is 1. The molecular weight excluding hydrogens is 290 g/mol. The normalized spacial score (nSPS) is 18.3. The number of nitrogens with zero attached hydrogens (tertiary/aromatic N) is 1. The fraction of sp³-hybridized carbons (Fsp3) is 0.556. The van der Waals surface area contributed by atoms with E-state index in [4.69, 9.17) is 5.73 Å². The first-order valence-electron chi connectivity index (χ1n) is 8.38. The van der Waals surface area contributed by atoms with E-state index in [1.165, 1.54) is 0 Å². The van der Waals surface area contributed by atoms with Gasteiger partial charge in [0.2, 0.25) is 11.8 Å². The summed E-state index contributed by atoms with van der Waals surface area (Å²) in [7, 11) is 0. The molecule has 0 spiro atoms. The van der Waals surface area contributed by atoms with Crippen molar-refractivity contribution in [3.8, 4) is 0 Å². The van der Waals surface area contributed by atoms with Crippen LogP contribution < -0.4 is 11.1 Å². The molecule has 5 heteroatoms. The summed E-state index contributed by atoms with van der Waals surface area (Å²) in [5, 5.41) is 2.94. The van der Waals surface area contributed by atoms with Gasteiger partial charge in [0.1, 0.15) is 0 Å². The Morgan fingerprint density at radius 1 is 1.26 bits per heavy atom. The van der Waals surface area contributed by atoms with Gasteiger partial charge in [-0.1, -0.05) is 31.5 Å². The highest BCUT2D eigenvalue weighted by atomic mass is 16.2. The number of piperidine rings is 1. The maximum Gasteiger partial charge on any atom is 0.242 e. The molecule has 0 aliphatic carbocycles. The lowest BCUT2D eigenvalue weighted by Gasteiger charge is -2.36. The summed E-state index contributed by atoms with van der Waals surface area (Å²) < 4.78 is 0. The average molecular weight is 317 g/mol. The van der Waals surface area contributed by atoms with Crippen LogP contribution in [-0.2, 0) is 9.59 Å². The molecule has 1 saturated heterocycles. The maximum atomic E-state index is 12.5. The Morgan fingerprint density at radius 2 is 1.87 bits per heavy atom. The summed E-state index contributed by atoms with van der Waals surface area (Å²) in [6.07, 6.45) is 2.94. The first-order chi connectivity index (χ1) is 10.9. The van der Waals surface area contributed by atoms with Crippen LogP contribution >= 0.6 is 0 Å². The minimum Gasteiger partial charge on any atom is -0.341 e. The molecule has 0 aromatic heterocycles. The first kappa shape index (κ1) is 17.5. The number of benzene rings is 1. The summed E-state index contributed by atoms with van der Waals surface area (Å²) in [4.78, 5) is 26.6. The molecule has 126 valence electrons. The highest BCUT2D eigenvalue weighted by molar-refractivity contribution is 5.93. The lowest BCUT2D eigenvalue weighted by molar-refractivity contribution is -0.139. The maximum absolute atomic E-state index is 12.5. The molecule has 1 heterocycles. The monoisotopic (exact) mass is 317 g/mol. The van der Waals surface area contributed by atoms with Crippen LogP contribution in [0.5, 0.6) is 0 Å². The third-order valence-electron chi connectivity index (χ3n) is 4.45. The van der Waals surface area contributed by atoms with Crippen molar-refractivity contribution in [2.24, 2.45) is 11.7 Å². The Morgan fingerprint density at radius 3 is 2.43 bits per heavy atom. The predicted octanol–water partition coefficient (Wildman–Crippen LogP) is 2.38. The third-order valence-corrected chi connectivity index (χ3v) is 4.45. The van der Waals surface area contributed by atoms with Gasteiger partial charge in [0.15, 0.2) is 0 Å². The van der Waals surface area contributed by atoms with E-state index >= 15 is 0 Å². The topological polar surface area (TPSA) is 75.4 Å². The third kappa shape index (κ3) is 4.55. The molecule has 1 aliphatic heterocycles. The number of amides is 2. The Balaban J connectivity index is 1.86. The zero-order valence-electron chi connectivity index (χ0n) is 14.0. The Kier molecular flexibility index (Phi) is 5.77. The molecule has 0 bridgehead atoms. The number of carbonyl (C=O) groups excluding carboxylic acids is 2. The summed E-state index contributed by atoms with van der Waals surface area (Å²) in [5.74, 6) is -0.0110. The van der Waals surface area contributed by atoms with Crippen LogP contribution in [0.15, 0.2) is 30.3 Å². The van der Waals surface area contributed by atoms with Gasteiger partial charge in [0.05, 0.1) is 5.54 Å². The van der Waals surface area contributed by atoms with Gasteiger partial charge in [0, 0.05) is 24.7 Å². The zero-order valence-corrected chi connectivity index (χ0v) is 14.0. The molecule has 1 fully saturated rings. The van der Waals surface area contributed by atoms with Crippen molar-refractivity contribution < 1.29 is 9.59 Å². The van der Waals surface area contributed by atoms with Gasteiger partial charge in [-0.05, 0) is 38.3 Å². The van der Waals surface area contributed by atoms with Crippen LogP contribution in [0.1, 0.15) is 39.5 Å². The van der Waals surface area contributed by atoms with Crippen LogP contribution in [0.3, 0.4) is 0 Å². The molecular formula is C18H27N3O2. The number of hydrogen-bond acceptors (Lipinski definition) is 3. The van der Waals surface area contributed by atoms with Crippen molar-refractivity contribution in [1.29, 1.82) is 0 Å². The highest BCUT2D eigenvalue weighted by Gasteiger charge is 2.35. The smallest absolute Gasteiger partial charge is 0.242 e. The molecule has 1 aromatic rings. The fourth-order valence-electron chi connectivity index (χ4n) is 3.10. The number of carbonyl (C=O) groups is 2. The Labute approximate surface area is 138 Å². The molecule has 0 saturated carbocycles. The second-order valence-corrected chi connectivity index (χ2v) is 6.59. The second-order valence-electron chi connectivity index (χ2n) is 6.59. The molecule has 2 amide bonds. The predicted molar refractivity (Wildman–Crippen MR) is 91.9 cm³/mol. The van der Waals surface area contributed by atoms with E-state index in [1.54, 1.807) is 6.92 Å². The summed E-state index contributed by atoms with van der Waals surface area (Å²) in [5.41, 5.74) is 6.14. The van der Waals surface area contributed by atoms with E-state index in [-0.39, 0.29) is 17.7 Å². The number of likely N-dealkylation sites (tertiary alicyclic amines) is 1. The van der Waals surface area contributed by atoms with Crippen molar-refractivity contribution in [1.82, 2.24) is 4.90 Å². The minimum atomic E-state index is -0.798. The SMILES string of the molecule is CCCC(C)(N)C(=O)N1CCC(C(=O)Nc2ccccc2)CC1. The second kappa shape index (κ2) is 7.59. The fourth-order valence-corrected chi connectivity index (χ4v) is 3.10. The van der Waals surface area contributed by atoms with Crippen LogP contribution in [0, 0.1) is 5.92 Å². The molecule has 1 aromatic carbocycles. The molecule has 1 aliphatic rings. The molecule has 3 N–H and O–H groups in total. The van der Waals surface area contributed by atoms with E-state index in [2.05, 4.69) is 5.32 Å². The van der Waals surface area contributed by atoms with E-state index in [1.807, 2.05) is 42.2 Å². The zero-order chi connectivity index (χ0) is 16.9. The highest BCUT2D eigenvalue weighted by Crippen LogP contribution is 2.22.